The fourth-order valence-electron chi connectivity index (χ4n) is 4.90. The van der Waals surface area contributed by atoms with Crippen molar-refractivity contribution in [3.8, 4) is 5.75 Å². The van der Waals surface area contributed by atoms with Crippen molar-refractivity contribution in [3.63, 3.8) is 0 Å². The van der Waals surface area contributed by atoms with Gasteiger partial charge in [-0.05, 0) is 27.7 Å². The molecule has 4 rings (SSSR count). The van der Waals surface area contributed by atoms with Crippen LogP contribution in [0.4, 0.5) is 10.5 Å². The average molecular weight is 401 g/mol. The first kappa shape index (κ1) is 19.3. The maximum Gasteiger partial charge on any atom is 0.328 e. The molecule has 3 atom stereocenters. The van der Waals surface area contributed by atoms with Crippen LogP contribution in [0.25, 0.3) is 0 Å². The van der Waals surface area contributed by atoms with Crippen molar-refractivity contribution in [2.24, 2.45) is 5.41 Å². The summed E-state index contributed by atoms with van der Waals surface area (Å²) in [6.07, 6.45) is -0.758. The molecule has 29 heavy (non-hydrogen) atoms. The Morgan fingerprint density at radius 3 is 2.48 bits per heavy atom. The lowest BCUT2D eigenvalue weighted by atomic mass is 9.67. The van der Waals surface area contributed by atoms with Crippen molar-refractivity contribution in [1.82, 2.24) is 15.6 Å². The number of hydrogen-bond acceptors (Lipinski definition) is 8. The summed E-state index contributed by atoms with van der Waals surface area (Å²) in [5.41, 5.74) is 0.162. The van der Waals surface area contributed by atoms with E-state index in [9.17, 15) is 19.5 Å². The fraction of sp³-hybridized carbons (Fsp3) is 0.526. The van der Waals surface area contributed by atoms with E-state index in [0.29, 0.717) is 23.5 Å². The largest absolute Gasteiger partial charge is 0.505 e. The maximum atomic E-state index is 13.1. The van der Waals surface area contributed by atoms with Crippen molar-refractivity contribution in [1.29, 1.82) is 5.41 Å². The highest BCUT2D eigenvalue weighted by Crippen LogP contribution is 2.48. The highest BCUT2D eigenvalue weighted by molar-refractivity contribution is 6.20. The molecule has 0 aromatic carbocycles. The SMILES string of the molecule is CC(=N)c1nc2c(c(C)c1O)N1C[C@@H](C)O[C@@H](C)[C@@H]1C1(C2)C(=O)NC(=O)NC1=O. The molecule has 0 unspecified atom stereocenters. The van der Waals surface area contributed by atoms with Crippen LogP contribution in [0.15, 0.2) is 0 Å². The topological polar surface area (TPSA) is 145 Å². The van der Waals surface area contributed by atoms with E-state index in [2.05, 4.69) is 15.6 Å². The minimum atomic E-state index is -1.62. The molecule has 0 bridgehead atoms. The van der Waals surface area contributed by atoms with E-state index in [1.165, 1.54) is 6.92 Å². The molecular formula is C19H23N5O5. The number of carbonyl (C=O) groups excluding carboxylic acids is 3. The van der Waals surface area contributed by atoms with Crippen LogP contribution in [0, 0.1) is 17.7 Å². The number of aromatic nitrogens is 1. The van der Waals surface area contributed by atoms with Crippen LogP contribution in [0.3, 0.4) is 0 Å². The van der Waals surface area contributed by atoms with E-state index >= 15 is 0 Å². The molecule has 2 saturated heterocycles. The highest BCUT2D eigenvalue weighted by atomic mass is 16.5. The van der Waals surface area contributed by atoms with E-state index in [-0.39, 0.29) is 29.7 Å². The van der Waals surface area contributed by atoms with E-state index in [4.69, 9.17) is 10.1 Å². The van der Waals surface area contributed by atoms with Crippen molar-refractivity contribution in [3.05, 3.63) is 17.0 Å². The molecule has 4 heterocycles. The molecule has 0 radical (unpaired) electrons. The van der Waals surface area contributed by atoms with E-state index in [1.54, 1.807) is 13.8 Å². The Morgan fingerprint density at radius 2 is 1.90 bits per heavy atom. The van der Waals surface area contributed by atoms with Crippen molar-refractivity contribution in [2.45, 2.75) is 52.4 Å². The van der Waals surface area contributed by atoms with Crippen LogP contribution in [-0.4, -0.2) is 58.4 Å². The Balaban J connectivity index is 1.99. The Bertz CT molecular complexity index is 954. The number of aromatic hydroxyl groups is 1. The number of ether oxygens (including phenoxy) is 1. The molecule has 1 aromatic rings. The second kappa shape index (κ2) is 6.24. The molecule has 1 spiro atoms. The molecular weight excluding hydrogens is 378 g/mol. The number of imide groups is 2. The second-order valence-corrected chi connectivity index (χ2v) is 7.99. The number of carbonyl (C=O) groups is 3. The molecule has 0 saturated carbocycles. The lowest BCUT2D eigenvalue weighted by Crippen LogP contribution is -2.75. The lowest BCUT2D eigenvalue weighted by Gasteiger charge is -2.55. The predicted molar refractivity (Wildman–Crippen MR) is 102 cm³/mol. The third kappa shape index (κ3) is 2.55. The van der Waals surface area contributed by atoms with E-state index in [1.807, 2.05) is 11.8 Å². The number of pyridine rings is 1. The smallest absolute Gasteiger partial charge is 0.328 e. The van der Waals surface area contributed by atoms with Gasteiger partial charge in [-0.15, -0.1) is 0 Å². The molecule has 3 aliphatic heterocycles. The first-order valence-electron chi connectivity index (χ1n) is 9.44. The number of hydrogen-bond donors (Lipinski definition) is 4. The number of amides is 4. The minimum Gasteiger partial charge on any atom is -0.505 e. The van der Waals surface area contributed by atoms with Crippen molar-refractivity contribution < 1.29 is 24.2 Å². The summed E-state index contributed by atoms with van der Waals surface area (Å²) in [4.78, 5) is 44.2. The average Bonchev–Trinajstić information content (AvgIpc) is 2.61. The zero-order valence-corrected chi connectivity index (χ0v) is 16.6. The fourth-order valence-corrected chi connectivity index (χ4v) is 4.90. The third-order valence-corrected chi connectivity index (χ3v) is 5.99. The number of anilines is 1. The molecule has 0 aliphatic carbocycles. The van der Waals surface area contributed by atoms with Gasteiger partial charge in [-0.1, -0.05) is 0 Å². The molecule has 2 fully saturated rings. The molecule has 4 amide bonds. The van der Waals surface area contributed by atoms with Crippen LogP contribution in [0.1, 0.15) is 37.7 Å². The normalized spacial score (nSPS) is 27.8. The molecule has 10 nitrogen and oxygen atoms in total. The van der Waals surface area contributed by atoms with E-state index < -0.39 is 35.4 Å². The van der Waals surface area contributed by atoms with Gasteiger partial charge in [-0.2, -0.15) is 0 Å². The summed E-state index contributed by atoms with van der Waals surface area (Å²) < 4.78 is 5.95. The van der Waals surface area contributed by atoms with Crippen LogP contribution in [0.5, 0.6) is 5.75 Å². The Labute approximate surface area is 167 Å². The predicted octanol–water partition coefficient (Wildman–Crippen LogP) is 0.374. The van der Waals surface area contributed by atoms with Gasteiger partial charge in [0.1, 0.15) is 11.4 Å². The molecule has 10 heteroatoms. The van der Waals surface area contributed by atoms with Gasteiger partial charge in [0.05, 0.1) is 35.3 Å². The van der Waals surface area contributed by atoms with Gasteiger partial charge in [-0.25, -0.2) is 9.78 Å². The summed E-state index contributed by atoms with van der Waals surface area (Å²) in [5.74, 6) is -1.49. The molecule has 4 N–H and O–H groups in total. The van der Waals surface area contributed by atoms with E-state index in [0.717, 1.165) is 0 Å². The third-order valence-electron chi connectivity index (χ3n) is 5.99. The molecule has 154 valence electrons. The summed E-state index contributed by atoms with van der Waals surface area (Å²) in [7, 11) is 0. The second-order valence-electron chi connectivity index (χ2n) is 7.99. The number of morpholine rings is 1. The number of barbiturate groups is 1. The zero-order valence-electron chi connectivity index (χ0n) is 16.6. The number of nitrogens with zero attached hydrogens (tertiary/aromatic N) is 2. The van der Waals surface area contributed by atoms with Crippen LogP contribution in [0.2, 0.25) is 0 Å². The number of fused-ring (bicyclic) bond motifs is 4. The molecule has 1 aromatic heterocycles. The van der Waals surface area contributed by atoms with Gasteiger partial charge in [0, 0.05) is 18.5 Å². The Hall–Kier alpha value is -3.01. The summed E-state index contributed by atoms with van der Waals surface area (Å²) >= 11 is 0. The first-order valence-corrected chi connectivity index (χ1v) is 9.44. The van der Waals surface area contributed by atoms with Gasteiger partial charge < -0.3 is 20.2 Å². The summed E-state index contributed by atoms with van der Waals surface area (Å²) in [6.45, 7) is 7.29. The highest BCUT2D eigenvalue weighted by Gasteiger charge is 2.63. The van der Waals surface area contributed by atoms with Gasteiger partial charge in [0.2, 0.25) is 11.8 Å². The van der Waals surface area contributed by atoms with Crippen LogP contribution in [-0.2, 0) is 20.7 Å². The van der Waals surface area contributed by atoms with Crippen LogP contribution < -0.4 is 15.5 Å². The van der Waals surface area contributed by atoms with Gasteiger partial charge in [-0.3, -0.25) is 20.2 Å². The quantitative estimate of drug-likeness (QED) is 0.393. The van der Waals surface area contributed by atoms with Crippen molar-refractivity contribution in [2.75, 3.05) is 11.4 Å². The lowest BCUT2D eigenvalue weighted by molar-refractivity contribution is -0.153. The van der Waals surface area contributed by atoms with Gasteiger partial charge in [0.15, 0.2) is 5.41 Å². The van der Waals surface area contributed by atoms with Crippen molar-refractivity contribution >= 4 is 29.2 Å². The number of rotatable bonds is 1. The van der Waals surface area contributed by atoms with Gasteiger partial charge >= 0.3 is 6.03 Å². The zero-order chi connectivity index (χ0) is 21.2. The number of nitrogens with one attached hydrogen (secondary N) is 3. The Kier molecular flexibility index (Phi) is 4.16. The maximum absolute atomic E-state index is 13.1. The van der Waals surface area contributed by atoms with Gasteiger partial charge in [0.25, 0.3) is 0 Å². The standard InChI is InChI=1S/C19H23N5O5/c1-7-6-24-13-8(2)14(25)12(9(3)20)21-11(13)5-19(15(24)10(4)29-7)16(26)22-18(28)23-17(19)27/h7,10,15,20,25H,5-6H2,1-4H3,(H2,22,23,26,27,28)/t7-,10+,15-/m1/s1. The number of urea groups is 1. The van der Waals surface area contributed by atoms with Crippen LogP contribution >= 0.6 is 0 Å². The first-order chi connectivity index (χ1) is 13.6. The minimum absolute atomic E-state index is 0.0704. The molecule has 3 aliphatic rings. The summed E-state index contributed by atoms with van der Waals surface area (Å²) in [6, 6.07) is -1.54. The monoisotopic (exact) mass is 401 g/mol. The summed E-state index contributed by atoms with van der Waals surface area (Å²) in [5, 5.41) is 23.0. The Morgan fingerprint density at radius 1 is 1.28 bits per heavy atom.